The number of Topliss-reactive ketones (excluding diaryl/α,β-unsaturated/α-hetero) is 1. The summed E-state index contributed by atoms with van der Waals surface area (Å²) in [4.78, 5) is 48.4. The highest BCUT2D eigenvalue weighted by molar-refractivity contribution is 6.05. The number of methoxy groups -OCH3 is 1. The van der Waals surface area contributed by atoms with Crippen LogP contribution in [0.4, 0.5) is 4.79 Å². The number of nitrogens with one attached hydrogen (secondary N) is 2. The molecule has 4 amide bonds. The van der Waals surface area contributed by atoms with E-state index in [1.807, 2.05) is 63.8 Å². The van der Waals surface area contributed by atoms with Gasteiger partial charge in [0.1, 0.15) is 0 Å². The van der Waals surface area contributed by atoms with E-state index in [1.54, 1.807) is 26.2 Å². The lowest BCUT2D eigenvalue weighted by Crippen LogP contribution is -2.50. The highest BCUT2D eigenvalue weighted by Gasteiger charge is 2.27. The summed E-state index contributed by atoms with van der Waals surface area (Å²) >= 11 is 0. The van der Waals surface area contributed by atoms with Crippen LogP contribution in [-0.4, -0.2) is 85.4 Å². The maximum Gasteiger partial charge on any atom is 0.322 e. The van der Waals surface area contributed by atoms with Gasteiger partial charge in [0.25, 0.3) is 5.91 Å². The molecule has 2 unspecified atom stereocenters. The fourth-order valence-electron chi connectivity index (χ4n) is 5.18. The molecule has 2 N–H and O–H groups in total. The normalized spacial score (nSPS) is 19.5. The van der Waals surface area contributed by atoms with E-state index < -0.39 is 18.0 Å². The molecule has 2 heterocycles. The molecule has 0 radical (unpaired) electrons. The Labute approximate surface area is 297 Å². The molecule has 3 fully saturated rings. The molecule has 3 aliphatic rings. The number of amides is 4. The molecule has 49 heavy (non-hydrogen) atoms. The first-order valence-corrected chi connectivity index (χ1v) is 17.9. The molecule has 3 rings (SSSR count). The van der Waals surface area contributed by atoms with Crippen LogP contribution in [-0.2, 0) is 19.1 Å². The second kappa shape index (κ2) is 27.1. The minimum Gasteiger partial charge on any atom is -0.378 e. The van der Waals surface area contributed by atoms with Crippen molar-refractivity contribution in [2.45, 2.75) is 119 Å². The predicted molar refractivity (Wildman–Crippen MR) is 202 cm³/mol. The summed E-state index contributed by atoms with van der Waals surface area (Å²) in [6.07, 6.45) is 21.1. The summed E-state index contributed by atoms with van der Waals surface area (Å²) in [5.74, 6) is 5.80. The van der Waals surface area contributed by atoms with Crippen LogP contribution < -0.4 is 10.6 Å². The van der Waals surface area contributed by atoms with E-state index in [0.717, 1.165) is 68.2 Å². The van der Waals surface area contributed by atoms with E-state index in [-0.39, 0.29) is 11.9 Å². The molecule has 0 aromatic rings. The number of hydrogen-bond acceptors (Lipinski definition) is 6. The topological polar surface area (TPSA) is 108 Å². The lowest BCUT2D eigenvalue weighted by Gasteiger charge is -2.39. The molecule has 274 valence electrons. The Morgan fingerprint density at radius 2 is 1.67 bits per heavy atom. The lowest BCUT2D eigenvalue weighted by molar-refractivity contribution is -0.120. The Bertz CT molecular complexity index is 1210. The van der Waals surface area contributed by atoms with Crippen molar-refractivity contribution in [3.63, 3.8) is 0 Å². The van der Waals surface area contributed by atoms with Crippen molar-refractivity contribution in [2.24, 2.45) is 5.92 Å². The van der Waals surface area contributed by atoms with Gasteiger partial charge in [-0.15, -0.1) is 0 Å². The molecule has 1 saturated carbocycles. The van der Waals surface area contributed by atoms with Gasteiger partial charge in [0, 0.05) is 44.9 Å². The van der Waals surface area contributed by atoms with E-state index in [0.29, 0.717) is 5.92 Å². The average molecular weight is 681 g/mol. The Hall–Kier alpha value is -3.74. The van der Waals surface area contributed by atoms with Crippen LogP contribution in [0.25, 0.3) is 0 Å². The summed E-state index contributed by atoms with van der Waals surface area (Å²) in [6, 6.07) is -0.462. The highest BCUT2D eigenvalue weighted by Crippen LogP contribution is 2.23. The second-order valence-corrected chi connectivity index (χ2v) is 12.4. The van der Waals surface area contributed by atoms with Crippen molar-refractivity contribution in [1.29, 1.82) is 0 Å². The van der Waals surface area contributed by atoms with Crippen LogP contribution in [0.5, 0.6) is 0 Å². The molecular weight excluding hydrogens is 616 g/mol. The number of hydrogen-bond donors (Lipinski definition) is 2. The number of allylic oxidation sites excluding steroid dienone is 8. The summed E-state index contributed by atoms with van der Waals surface area (Å²) in [6.45, 7) is 23.4. The van der Waals surface area contributed by atoms with Crippen molar-refractivity contribution < 1.29 is 23.9 Å². The molecule has 0 bridgehead atoms. The number of imide groups is 1. The zero-order chi connectivity index (χ0) is 37.2. The van der Waals surface area contributed by atoms with Gasteiger partial charge in [-0.25, -0.2) is 4.79 Å². The molecule has 2 atom stereocenters. The largest absolute Gasteiger partial charge is 0.378 e. The minimum atomic E-state index is -0.772. The van der Waals surface area contributed by atoms with E-state index >= 15 is 0 Å². The lowest BCUT2D eigenvalue weighted by atomic mass is 9.94. The van der Waals surface area contributed by atoms with Crippen molar-refractivity contribution in [3.8, 4) is 11.8 Å². The van der Waals surface area contributed by atoms with Gasteiger partial charge < -0.3 is 15.0 Å². The first kappa shape index (κ1) is 45.3. The van der Waals surface area contributed by atoms with Crippen LogP contribution in [0.3, 0.4) is 0 Å². The van der Waals surface area contributed by atoms with Crippen molar-refractivity contribution in [3.05, 3.63) is 59.8 Å². The van der Waals surface area contributed by atoms with Gasteiger partial charge in [0.05, 0.1) is 6.10 Å². The van der Waals surface area contributed by atoms with E-state index in [2.05, 4.69) is 47.8 Å². The van der Waals surface area contributed by atoms with E-state index in [4.69, 9.17) is 4.74 Å². The highest BCUT2D eigenvalue weighted by atomic mass is 16.5. The zero-order valence-corrected chi connectivity index (χ0v) is 31.8. The molecule has 9 heteroatoms. The van der Waals surface area contributed by atoms with Crippen LogP contribution in [0.2, 0.25) is 0 Å². The Morgan fingerprint density at radius 1 is 1.04 bits per heavy atom. The molecule has 2 saturated heterocycles. The number of ketones is 1. The minimum absolute atomic E-state index is 0.0851. The van der Waals surface area contributed by atoms with Gasteiger partial charge in [-0.3, -0.25) is 24.6 Å². The molecule has 0 spiro atoms. The predicted octanol–water partition coefficient (Wildman–Crippen LogP) is 6.92. The molecule has 9 nitrogen and oxygen atoms in total. The maximum atomic E-state index is 11.4. The van der Waals surface area contributed by atoms with Crippen LogP contribution in [0.15, 0.2) is 59.8 Å². The maximum absolute atomic E-state index is 11.4. The first-order chi connectivity index (χ1) is 23.4. The van der Waals surface area contributed by atoms with Crippen molar-refractivity contribution >= 4 is 24.1 Å². The number of carbonyl (C=O) groups excluding carboxylic acids is 4. The third-order valence-electron chi connectivity index (χ3n) is 8.13. The van der Waals surface area contributed by atoms with Gasteiger partial charge in [-0.1, -0.05) is 103 Å². The monoisotopic (exact) mass is 680 g/mol. The second-order valence-electron chi connectivity index (χ2n) is 12.4. The van der Waals surface area contributed by atoms with Crippen molar-refractivity contribution in [1.82, 2.24) is 20.4 Å². The van der Waals surface area contributed by atoms with Gasteiger partial charge in [-0.2, -0.15) is 0 Å². The van der Waals surface area contributed by atoms with E-state index in [1.165, 1.54) is 32.1 Å². The quantitative estimate of drug-likeness (QED) is 0.0807. The number of nitrogens with zero attached hydrogens (tertiary/aromatic N) is 2. The standard InChI is InChI=1S/C14H24O2.C13H14N2O2.C11H20N2O.C2H6/c1-10(2)9-14(12(4)13(5)15)8-7-11(3)16-6;1-3-5-7-10(6-4-2)8-9-11-12(16)15-13(17)14-11;14-10-12-6-8-13(9-7-12)11-4-2-1-3-5-11;1-2/h7-8,10-11H,9H2,1-6H3;4-7,11H,2-3H2,1H3,(H2,14,15,16,17);10-11H,1-9H2;1-2H3/b8-7-,14-12-;7-5-,10-6+;;. The molecule has 1 aliphatic carbocycles. The fraction of sp³-hybridized carbons (Fsp3) is 0.600. The van der Waals surface area contributed by atoms with Gasteiger partial charge in [-0.05, 0) is 69.6 Å². The van der Waals surface area contributed by atoms with Gasteiger partial charge >= 0.3 is 6.03 Å². The SMILES string of the molecule is C=C/C=C(C#CC1NC(=O)NC1=O)\C=C/CC.CC.COC(C)/C=C\C(CC(C)C)=C(/C)C(C)=O.O=CN1CCN(C2CCCCC2)CC1. The number of carbonyl (C=O) groups is 4. The summed E-state index contributed by atoms with van der Waals surface area (Å²) < 4.78 is 5.15. The number of urea groups is 1. The molecule has 0 aromatic carbocycles. The van der Waals surface area contributed by atoms with Gasteiger partial charge in [0.2, 0.25) is 6.41 Å². The number of ether oxygens (including phenoxy) is 1. The third kappa shape index (κ3) is 19.8. The van der Waals surface area contributed by atoms with Crippen LogP contribution in [0.1, 0.15) is 100 Å². The summed E-state index contributed by atoms with van der Waals surface area (Å²) in [5.41, 5.74) is 2.72. The fourth-order valence-corrected chi connectivity index (χ4v) is 5.18. The summed E-state index contributed by atoms with van der Waals surface area (Å²) in [7, 11) is 1.68. The Balaban J connectivity index is 0.000000689. The number of piperazine rings is 1. The molecular formula is C40H64N4O5. The van der Waals surface area contributed by atoms with Gasteiger partial charge in [0.15, 0.2) is 11.8 Å². The molecule has 2 aliphatic heterocycles. The van der Waals surface area contributed by atoms with E-state index in [9.17, 15) is 19.2 Å². The van der Waals surface area contributed by atoms with Crippen LogP contribution >= 0.6 is 0 Å². The zero-order valence-electron chi connectivity index (χ0n) is 31.8. The average Bonchev–Trinajstić information content (AvgIpc) is 3.44. The molecule has 0 aromatic heterocycles. The third-order valence-corrected chi connectivity index (χ3v) is 8.13. The van der Waals surface area contributed by atoms with Crippen LogP contribution in [0, 0.1) is 17.8 Å². The summed E-state index contributed by atoms with van der Waals surface area (Å²) in [5, 5.41) is 4.52. The van der Waals surface area contributed by atoms with Crippen molar-refractivity contribution in [2.75, 3.05) is 33.3 Å². The number of rotatable bonds is 11. The first-order valence-electron chi connectivity index (χ1n) is 17.9. The smallest absolute Gasteiger partial charge is 0.322 e. The Morgan fingerprint density at radius 3 is 2.14 bits per heavy atom. The Kier molecular flexibility index (Phi) is 25.1.